The number of hydrogen-bond acceptors (Lipinski definition) is 1. The summed E-state index contributed by atoms with van der Waals surface area (Å²) in [5, 5.41) is 0. The van der Waals surface area contributed by atoms with E-state index in [0.29, 0.717) is 0 Å². The minimum Gasteiger partial charge on any atom is -0.457 e. The van der Waals surface area contributed by atoms with Crippen molar-refractivity contribution in [2.24, 2.45) is 0 Å². The lowest BCUT2D eigenvalue weighted by Crippen LogP contribution is -1.92. The predicted octanol–water partition coefficient (Wildman–Crippen LogP) is 5.17. The van der Waals surface area contributed by atoms with Crippen molar-refractivity contribution in [3.05, 3.63) is 57.6 Å². The first-order chi connectivity index (χ1) is 8.06. The lowest BCUT2D eigenvalue weighted by molar-refractivity contribution is 0.475. The molecule has 0 spiro atoms. The molecule has 0 saturated carbocycles. The molecule has 0 atom stereocenters. The normalized spacial score (nSPS) is 10.4. The van der Waals surface area contributed by atoms with E-state index in [1.54, 1.807) is 0 Å². The van der Waals surface area contributed by atoms with Crippen LogP contribution in [0.25, 0.3) is 0 Å². The minimum absolute atomic E-state index is 0.864. The van der Waals surface area contributed by atoms with E-state index < -0.39 is 0 Å². The first-order valence-corrected chi connectivity index (χ1v) is 6.37. The van der Waals surface area contributed by atoms with Gasteiger partial charge in [-0.05, 0) is 56.2 Å². The molecule has 2 rings (SSSR count). The Morgan fingerprint density at radius 3 is 1.94 bits per heavy atom. The largest absolute Gasteiger partial charge is 0.457 e. The molecule has 0 aliphatic carbocycles. The van der Waals surface area contributed by atoms with Gasteiger partial charge in [0.2, 0.25) is 0 Å². The number of benzene rings is 2. The molecule has 2 aromatic carbocycles. The van der Waals surface area contributed by atoms with Crippen molar-refractivity contribution in [3.63, 3.8) is 0 Å². The van der Waals surface area contributed by atoms with E-state index in [1.807, 2.05) is 24.3 Å². The SMILES string of the molecule is Cc1cc(C)c(Oc2ccc(Br)cc2)c(C)c1. The molecule has 0 aliphatic rings. The van der Waals surface area contributed by atoms with Gasteiger partial charge in [0.1, 0.15) is 11.5 Å². The van der Waals surface area contributed by atoms with Crippen LogP contribution in [0.15, 0.2) is 40.9 Å². The van der Waals surface area contributed by atoms with E-state index >= 15 is 0 Å². The van der Waals surface area contributed by atoms with E-state index in [9.17, 15) is 0 Å². The third kappa shape index (κ3) is 2.89. The zero-order valence-corrected chi connectivity index (χ0v) is 11.8. The molecule has 1 nitrogen and oxygen atoms in total. The summed E-state index contributed by atoms with van der Waals surface area (Å²) in [6.45, 7) is 6.26. The fourth-order valence-corrected chi connectivity index (χ4v) is 2.21. The summed E-state index contributed by atoms with van der Waals surface area (Å²) in [5.41, 5.74) is 3.61. The lowest BCUT2D eigenvalue weighted by atomic mass is 10.1. The van der Waals surface area contributed by atoms with Gasteiger partial charge >= 0.3 is 0 Å². The van der Waals surface area contributed by atoms with Gasteiger partial charge in [-0.2, -0.15) is 0 Å². The Morgan fingerprint density at radius 2 is 1.41 bits per heavy atom. The minimum atomic E-state index is 0.864. The predicted molar refractivity (Wildman–Crippen MR) is 74.9 cm³/mol. The molecule has 2 aromatic rings. The van der Waals surface area contributed by atoms with E-state index in [-0.39, 0.29) is 0 Å². The van der Waals surface area contributed by atoms with Crippen molar-refractivity contribution in [2.45, 2.75) is 20.8 Å². The zero-order valence-electron chi connectivity index (χ0n) is 10.3. The van der Waals surface area contributed by atoms with Gasteiger partial charge in [0.05, 0.1) is 0 Å². The van der Waals surface area contributed by atoms with Crippen LogP contribution in [0.5, 0.6) is 11.5 Å². The van der Waals surface area contributed by atoms with Gasteiger partial charge in [0.25, 0.3) is 0 Å². The molecule has 0 saturated heterocycles. The molecule has 17 heavy (non-hydrogen) atoms. The highest BCUT2D eigenvalue weighted by Crippen LogP contribution is 2.30. The van der Waals surface area contributed by atoms with Crippen molar-refractivity contribution in [1.82, 2.24) is 0 Å². The first kappa shape index (κ1) is 12.2. The average molecular weight is 291 g/mol. The molecule has 88 valence electrons. The molecule has 0 fully saturated rings. The molecule has 0 N–H and O–H groups in total. The topological polar surface area (TPSA) is 9.23 Å². The smallest absolute Gasteiger partial charge is 0.133 e. The van der Waals surface area contributed by atoms with E-state index in [2.05, 4.69) is 48.8 Å². The molecule has 0 unspecified atom stereocenters. The third-order valence-corrected chi connectivity index (χ3v) is 3.17. The van der Waals surface area contributed by atoms with E-state index in [1.165, 1.54) is 16.7 Å². The van der Waals surface area contributed by atoms with Gasteiger partial charge in [-0.3, -0.25) is 0 Å². The molecule has 0 radical (unpaired) electrons. The maximum atomic E-state index is 5.93. The molecule has 0 amide bonds. The first-order valence-electron chi connectivity index (χ1n) is 5.57. The summed E-state index contributed by atoms with van der Waals surface area (Å²) < 4.78 is 6.99. The summed E-state index contributed by atoms with van der Waals surface area (Å²) in [6, 6.07) is 12.2. The van der Waals surface area contributed by atoms with Crippen LogP contribution in [-0.2, 0) is 0 Å². The highest BCUT2D eigenvalue weighted by Gasteiger charge is 2.06. The van der Waals surface area contributed by atoms with Gasteiger partial charge < -0.3 is 4.74 Å². The lowest BCUT2D eigenvalue weighted by Gasteiger charge is -2.12. The van der Waals surface area contributed by atoms with Gasteiger partial charge in [-0.1, -0.05) is 33.6 Å². The van der Waals surface area contributed by atoms with Gasteiger partial charge in [-0.15, -0.1) is 0 Å². The Labute approximate surface area is 111 Å². The van der Waals surface area contributed by atoms with Gasteiger partial charge in [0, 0.05) is 4.47 Å². The third-order valence-electron chi connectivity index (χ3n) is 2.64. The zero-order chi connectivity index (χ0) is 12.4. The quantitative estimate of drug-likeness (QED) is 0.742. The van der Waals surface area contributed by atoms with Crippen molar-refractivity contribution >= 4 is 15.9 Å². The summed E-state index contributed by atoms with van der Waals surface area (Å²) in [4.78, 5) is 0. The van der Waals surface area contributed by atoms with Gasteiger partial charge in [0.15, 0.2) is 0 Å². The molecule has 0 aliphatic heterocycles. The Balaban J connectivity index is 2.33. The van der Waals surface area contributed by atoms with E-state index in [4.69, 9.17) is 4.74 Å². The summed E-state index contributed by atoms with van der Waals surface area (Å²) in [5.74, 6) is 1.82. The Morgan fingerprint density at radius 1 is 0.882 bits per heavy atom. The van der Waals surface area contributed by atoms with Crippen molar-refractivity contribution in [2.75, 3.05) is 0 Å². The van der Waals surface area contributed by atoms with Gasteiger partial charge in [-0.25, -0.2) is 0 Å². The molecule has 0 aromatic heterocycles. The number of aryl methyl sites for hydroxylation is 3. The Bertz CT molecular complexity index is 506. The molecule has 0 heterocycles. The van der Waals surface area contributed by atoms with Crippen LogP contribution >= 0.6 is 15.9 Å². The summed E-state index contributed by atoms with van der Waals surface area (Å²) in [7, 11) is 0. The maximum absolute atomic E-state index is 5.93. The second-order valence-corrected chi connectivity index (χ2v) is 5.20. The Hall–Kier alpha value is -1.28. The van der Waals surface area contributed by atoms with Crippen LogP contribution < -0.4 is 4.74 Å². The maximum Gasteiger partial charge on any atom is 0.133 e. The van der Waals surface area contributed by atoms with Crippen molar-refractivity contribution in [3.8, 4) is 11.5 Å². The van der Waals surface area contributed by atoms with E-state index in [0.717, 1.165) is 16.0 Å². The monoisotopic (exact) mass is 290 g/mol. The molecule has 2 heteroatoms. The second-order valence-electron chi connectivity index (χ2n) is 4.28. The number of halogens is 1. The summed E-state index contributed by atoms with van der Waals surface area (Å²) >= 11 is 3.41. The number of ether oxygens (including phenoxy) is 1. The standard InChI is InChI=1S/C15H15BrO/c1-10-8-11(2)15(12(3)9-10)17-14-6-4-13(16)5-7-14/h4-9H,1-3H3. The van der Waals surface area contributed by atoms with Crippen molar-refractivity contribution in [1.29, 1.82) is 0 Å². The molecular weight excluding hydrogens is 276 g/mol. The average Bonchev–Trinajstić information content (AvgIpc) is 2.26. The second kappa shape index (κ2) is 4.92. The Kier molecular flexibility index (Phi) is 3.53. The van der Waals surface area contributed by atoms with Crippen LogP contribution in [0.2, 0.25) is 0 Å². The number of rotatable bonds is 2. The number of hydrogen-bond donors (Lipinski definition) is 0. The van der Waals surface area contributed by atoms with Crippen LogP contribution in [0, 0.1) is 20.8 Å². The highest BCUT2D eigenvalue weighted by molar-refractivity contribution is 9.10. The van der Waals surface area contributed by atoms with Crippen LogP contribution in [0.4, 0.5) is 0 Å². The van der Waals surface area contributed by atoms with Crippen molar-refractivity contribution < 1.29 is 4.74 Å². The van der Waals surface area contributed by atoms with Crippen LogP contribution in [0.3, 0.4) is 0 Å². The molecular formula is C15H15BrO. The fraction of sp³-hybridized carbons (Fsp3) is 0.200. The highest BCUT2D eigenvalue weighted by atomic mass is 79.9. The van der Waals surface area contributed by atoms with Crippen LogP contribution in [-0.4, -0.2) is 0 Å². The van der Waals surface area contributed by atoms with Crippen LogP contribution in [0.1, 0.15) is 16.7 Å². The molecule has 0 bridgehead atoms. The summed E-state index contributed by atoms with van der Waals surface area (Å²) in [6.07, 6.45) is 0. The fourth-order valence-electron chi connectivity index (χ4n) is 1.95.